The van der Waals surface area contributed by atoms with Crippen LogP contribution in [0.5, 0.6) is 5.75 Å². The fourth-order valence-corrected chi connectivity index (χ4v) is 2.58. The topological polar surface area (TPSA) is 72.7 Å². The third-order valence-corrected chi connectivity index (χ3v) is 3.71. The number of amides is 1. The van der Waals surface area contributed by atoms with E-state index in [-0.39, 0.29) is 11.6 Å². The van der Waals surface area contributed by atoms with E-state index in [4.69, 9.17) is 4.74 Å². The number of fused-ring (bicyclic) bond motifs is 1. The third kappa shape index (κ3) is 2.28. The van der Waals surface area contributed by atoms with Crippen LogP contribution in [-0.4, -0.2) is 24.0 Å². The van der Waals surface area contributed by atoms with Gasteiger partial charge in [0.15, 0.2) is 0 Å². The molecule has 0 spiro atoms. The molecule has 3 rings (SSSR count). The number of nitro groups is 1. The zero-order valence-electron chi connectivity index (χ0n) is 12.0. The molecular formula is C16H14N2O4. The van der Waals surface area contributed by atoms with Gasteiger partial charge in [0.25, 0.3) is 11.6 Å². The molecule has 1 heterocycles. The number of hydrogen-bond acceptors (Lipinski definition) is 4. The van der Waals surface area contributed by atoms with Crippen molar-refractivity contribution in [3.63, 3.8) is 0 Å². The fraction of sp³-hybridized carbons (Fsp3) is 0.188. The molecule has 0 aliphatic carbocycles. The molecule has 0 aromatic heterocycles. The Morgan fingerprint density at radius 1 is 1.23 bits per heavy atom. The van der Waals surface area contributed by atoms with Crippen molar-refractivity contribution in [1.29, 1.82) is 0 Å². The van der Waals surface area contributed by atoms with E-state index in [1.54, 1.807) is 30.0 Å². The van der Waals surface area contributed by atoms with Gasteiger partial charge in [0.05, 0.1) is 17.2 Å². The first-order chi connectivity index (χ1) is 10.6. The van der Waals surface area contributed by atoms with Crippen LogP contribution in [0, 0.1) is 17.0 Å². The molecule has 6 nitrogen and oxygen atoms in total. The quantitative estimate of drug-likeness (QED) is 0.631. The van der Waals surface area contributed by atoms with Crippen molar-refractivity contribution in [3.8, 4) is 5.75 Å². The van der Waals surface area contributed by atoms with Gasteiger partial charge >= 0.3 is 0 Å². The first-order valence-electron chi connectivity index (χ1n) is 6.87. The maximum Gasteiger partial charge on any atom is 0.273 e. The number of carbonyl (C=O) groups is 1. The second-order valence-electron chi connectivity index (χ2n) is 4.98. The van der Waals surface area contributed by atoms with Crippen molar-refractivity contribution in [2.24, 2.45) is 0 Å². The van der Waals surface area contributed by atoms with Crippen LogP contribution in [0.25, 0.3) is 0 Å². The molecule has 0 atom stereocenters. The zero-order valence-corrected chi connectivity index (χ0v) is 12.0. The summed E-state index contributed by atoms with van der Waals surface area (Å²) in [6.45, 7) is 2.41. The van der Waals surface area contributed by atoms with E-state index >= 15 is 0 Å². The van der Waals surface area contributed by atoms with Crippen molar-refractivity contribution in [2.75, 3.05) is 18.1 Å². The highest BCUT2D eigenvalue weighted by Crippen LogP contribution is 2.33. The summed E-state index contributed by atoms with van der Waals surface area (Å²) in [4.78, 5) is 25.0. The molecular weight excluding hydrogens is 284 g/mol. The Morgan fingerprint density at radius 3 is 2.77 bits per heavy atom. The fourth-order valence-electron chi connectivity index (χ4n) is 2.58. The number of nitro benzene ring substituents is 1. The normalized spacial score (nSPS) is 13.2. The smallest absolute Gasteiger partial charge is 0.273 e. The highest BCUT2D eigenvalue weighted by molar-refractivity contribution is 6.08. The minimum Gasteiger partial charge on any atom is -0.490 e. The number of rotatable bonds is 2. The molecule has 1 amide bonds. The van der Waals surface area contributed by atoms with Crippen LogP contribution in [0.15, 0.2) is 42.5 Å². The highest BCUT2D eigenvalue weighted by atomic mass is 16.6. The van der Waals surface area contributed by atoms with Crippen LogP contribution in [0.2, 0.25) is 0 Å². The Bertz CT molecular complexity index is 758. The maximum atomic E-state index is 12.8. The number of hydrogen-bond donors (Lipinski definition) is 0. The Kier molecular flexibility index (Phi) is 3.50. The van der Waals surface area contributed by atoms with Crippen LogP contribution in [0.1, 0.15) is 15.9 Å². The molecule has 0 fully saturated rings. The Morgan fingerprint density at radius 2 is 2.00 bits per heavy atom. The lowest BCUT2D eigenvalue weighted by Crippen LogP contribution is -2.38. The van der Waals surface area contributed by atoms with Gasteiger partial charge < -0.3 is 9.64 Å². The molecule has 1 aliphatic heterocycles. The minimum absolute atomic E-state index is 0.0487. The average Bonchev–Trinajstić information content (AvgIpc) is 2.53. The Hall–Kier alpha value is -2.89. The number of carbonyl (C=O) groups excluding carboxylic acids is 1. The molecule has 0 saturated carbocycles. The second kappa shape index (κ2) is 5.48. The second-order valence-corrected chi connectivity index (χ2v) is 4.98. The summed E-state index contributed by atoms with van der Waals surface area (Å²) in [6, 6.07) is 11.8. The summed E-state index contributed by atoms with van der Waals surface area (Å²) < 4.78 is 5.53. The van der Waals surface area contributed by atoms with Gasteiger partial charge in [-0.3, -0.25) is 14.9 Å². The first kappa shape index (κ1) is 14.1. The standard InChI is InChI=1S/C16H14N2O4/c1-11-12(5-4-7-13(11)18(20)21)16(19)17-9-10-22-15-8-3-2-6-14(15)17/h2-8H,9-10H2,1H3. The lowest BCUT2D eigenvalue weighted by atomic mass is 10.0. The van der Waals surface area contributed by atoms with Gasteiger partial charge in [-0.1, -0.05) is 18.2 Å². The van der Waals surface area contributed by atoms with Gasteiger partial charge in [0, 0.05) is 17.2 Å². The number of benzene rings is 2. The molecule has 2 aromatic rings. The average molecular weight is 298 g/mol. The molecule has 6 heteroatoms. The largest absolute Gasteiger partial charge is 0.490 e. The summed E-state index contributed by atoms with van der Waals surface area (Å²) >= 11 is 0. The van der Waals surface area contributed by atoms with Crippen molar-refractivity contribution in [2.45, 2.75) is 6.92 Å². The molecule has 1 aliphatic rings. The SMILES string of the molecule is Cc1c(C(=O)N2CCOc3ccccc32)cccc1[N+](=O)[O-]. The summed E-state index contributed by atoms with van der Waals surface area (Å²) in [6.07, 6.45) is 0. The minimum atomic E-state index is -0.473. The van der Waals surface area contributed by atoms with E-state index in [9.17, 15) is 14.9 Å². The lowest BCUT2D eigenvalue weighted by molar-refractivity contribution is -0.385. The van der Waals surface area contributed by atoms with Crippen LogP contribution >= 0.6 is 0 Å². The molecule has 0 radical (unpaired) electrons. The van der Waals surface area contributed by atoms with Gasteiger partial charge in [0.1, 0.15) is 12.4 Å². The molecule has 22 heavy (non-hydrogen) atoms. The van der Waals surface area contributed by atoms with Gasteiger partial charge in [-0.25, -0.2) is 0 Å². The molecule has 0 bridgehead atoms. The number of nitrogens with zero attached hydrogens (tertiary/aromatic N) is 2. The molecule has 0 saturated heterocycles. The van der Waals surface area contributed by atoms with Crippen molar-refractivity contribution in [3.05, 3.63) is 63.7 Å². The summed E-state index contributed by atoms with van der Waals surface area (Å²) in [5.74, 6) is 0.391. The monoisotopic (exact) mass is 298 g/mol. The molecule has 2 aromatic carbocycles. The summed E-state index contributed by atoms with van der Waals surface area (Å²) in [5.41, 5.74) is 1.35. The molecule has 0 unspecified atom stereocenters. The first-order valence-corrected chi connectivity index (χ1v) is 6.87. The third-order valence-electron chi connectivity index (χ3n) is 3.71. The van der Waals surface area contributed by atoms with Gasteiger partial charge in [-0.15, -0.1) is 0 Å². The van der Waals surface area contributed by atoms with Crippen LogP contribution < -0.4 is 9.64 Å². The van der Waals surface area contributed by atoms with Gasteiger partial charge in [-0.05, 0) is 25.1 Å². The number of ether oxygens (including phenoxy) is 1. The number of anilines is 1. The number of para-hydroxylation sites is 2. The zero-order chi connectivity index (χ0) is 15.7. The van der Waals surface area contributed by atoms with E-state index in [1.807, 2.05) is 12.1 Å². The summed E-state index contributed by atoms with van der Waals surface area (Å²) in [7, 11) is 0. The molecule has 0 N–H and O–H groups in total. The van der Waals surface area contributed by atoms with Crippen LogP contribution in [0.4, 0.5) is 11.4 Å². The van der Waals surface area contributed by atoms with E-state index in [2.05, 4.69) is 0 Å². The Balaban J connectivity index is 2.03. The van der Waals surface area contributed by atoms with E-state index < -0.39 is 4.92 Å². The maximum absolute atomic E-state index is 12.8. The van der Waals surface area contributed by atoms with Crippen LogP contribution in [-0.2, 0) is 0 Å². The van der Waals surface area contributed by atoms with E-state index in [0.29, 0.717) is 35.7 Å². The highest BCUT2D eigenvalue weighted by Gasteiger charge is 2.27. The van der Waals surface area contributed by atoms with Gasteiger partial charge in [-0.2, -0.15) is 0 Å². The van der Waals surface area contributed by atoms with Crippen LogP contribution in [0.3, 0.4) is 0 Å². The van der Waals surface area contributed by atoms with Gasteiger partial charge in [0.2, 0.25) is 0 Å². The van der Waals surface area contributed by atoms with Crippen molar-refractivity contribution in [1.82, 2.24) is 0 Å². The van der Waals surface area contributed by atoms with Crippen molar-refractivity contribution >= 4 is 17.3 Å². The predicted molar refractivity (Wildman–Crippen MR) is 81.4 cm³/mol. The van der Waals surface area contributed by atoms with E-state index in [1.165, 1.54) is 12.1 Å². The molecule has 112 valence electrons. The van der Waals surface area contributed by atoms with Crippen molar-refractivity contribution < 1.29 is 14.5 Å². The lowest BCUT2D eigenvalue weighted by Gasteiger charge is -2.29. The summed E-state index contributed by atoms with van der Waals surface area (Å²) in [5, 5.41) is 11.0. The predicted octanol–water partition coefficient (Wildman–Crippen LogP) is 2.94. The Labute approximate surface area is 127 Å². The van der Waals surface area contributed by atoms with E-state index in [0.717, 1.165) is 0 Å².